The summed E-state index contributed by atoms with van der Waals surface area (Å²) in [6.45, 7) is 0. The van der Waals surface area contributed by atoms with Crippen molar-refractivity contribution in [1.29, 1.82) is 0 Å². The summed E-state index contributed by atoms with van der Waals surface area (Å²) in [6.07, 6.45) is 5.22. The maximum absolute atomic E-state index is 7.00. The Balaban J connectivity index is 1.05. The Labute approximate surface area is 324 Å². The minimum atomic E-state index is 0.0282. The molecule has 0 bridgehead atoms. The van der Waals surface area contributed by atoms with Crippen LogP contribution in [0.5, 0.6) is 0 Å². The van der Waals surface area contributed by atoms with Crippen LogP contribution in [0.25, 0.3) is 89.4 Å². The summed E-state index contributed by atoms with van der Waals surface area (Å²) in [6, 6.07) is 64.2. The third-order valence-corrected chi connectivity index (χ3v) is 11.2. The van der Waals surface area contributed by atoms with Crippen LogP contribution >= 0.6 is 0 Å². The molecule has 0 saturated carbocycles. The minimum absolute atomic E-state index is 0.0282. The Kier molecular flexibility index (Phi) is 7.59. The smallest absolute Gasteiger partial charge is 0.160 e. The average molecular weight is 718 g/mol. The molecule has 0 radical (unpaired) electrons. The van der Waals surface area contributed by atoms with Gasteiger partial charge in [-0.25, -0.2) is 9.97 Å². The number of allylic oxidation sites excluding steroid dienone is 1. The van der Waals surface area contributed by atoms with Crippen LogP contribution in [0.3, 0.4) is 0 Å². The van der Waals surface area contributed by atoms with Gasteiger partial charge in [0.15, 0.2) is 11.4 Å². The second-order valence-electron chi connectivity index (χ2n) is 14.5. The maximum Gasteiger partial charge on any atom is 0.160 e. The SMILES string of the molecule is C1=CC(c2cc(-c3ccccc3)nc(-c3ccccc3)n2)Cc2oc3c(-n4c5ccc(-c6ccccc6)cc5c5cc(-c6ccccc6)ccc54)cccc3c21. The lowest BCUT2D eigenvalue weighted by molar-refractivity contribution is 0.529. The molecule has 4 nitrogen and oxygen atoms in total. The zero-order valence-corrected chi connectivity index (χ0v) is 30.5. The molecule has 1 atom stereocenters. The van der Waals surface area contributed by atoms with E-state index < -0.39 is 0 Å². The number of para-hydroxylation sites is 1. The highest BCUT2D eigenvalue weighted by molar-refractivity contribution is 6.12. The van der Waals surface area contributed by atoms with E-state index in [2.05, 4.69) is 174 Å². The highest BCUT2D eigenvalue weighted by Gasteiger charge is 2.26. The van der Waals surface area contributed by atoms with Crippen molar-refractivity contribution in [2.24, 2.45) is 0 Å². The Hall–Kier alpha value is -7.30. The standard InChI is InChI=1S/C52H35N3O/c1-5-14-34(15-6-1)38-25-28-47-43(30-38)44-31-39(35-16-7-2-8-17-35)26-29-48(44)55(47)49-23-13-22-42-41-27-24-40(32-50(41)56-51(42)49)46-33-45(36-18-9-3-10-19-36)53-52(54-46)37-20-11-4-12-21-37/h1-31,33,40H,32H2. The lowest BCUT2D eigenvalue weighted by Crippen LogP contribution is -2.08. The van der Waals surface area contributed by atoms with E-state index in [0.717, 1.165) is 67.4 Å². The van der Waals surface area contributed by atoms with Gasteiger partial charge in [0.25, 0.3) is 0 Å². The predicted octanol–water partition coefficient (Wildman–Crippen LogP) is 13.3. The van der Waals surface area contributed by atoms with Gasteiger partial charge in [-0.05, 0) is 58.7 Å². The molecule has 1 aliphatic carbocycles. The molecule has 0 fully saturated rings. The molecule has 264 valence electrons. The van der Waals surface area contributed by atoms with Crippen LogP contribution in [0, 0.1) is 0 Å². The van der Waals surface area contributed by atoms with Crippen LogP contribution in [0.2, 0.25) is 0 Å². The summed E-state index contributed by atoms with van der Waals surface area (Å²) >= 11 is 0. The summed E-state index contributed by atoms with van der Waals surface area (Å²) in [5.74, 6) is 1.73. The van der Waals surface area contributed by atoms with Crippen molar-refractivity contribution in [1.82, 2.24) is 14.5 Å². The summed E-state index contributed by atoms with van der Waals surface area (Å²) in [4.78, 5) is 10.2. The van der Waals surface area contributed by atoms with Gasteiger partial charge >= 0.3 is 0 Å². The van der Waals surface area contributed by atoms with Crippen LogP contribution < -0.4 is 0 Å². The molecule has 0 spiro atoms. The first-order valence-corrected chi connectivity index (χ1v) is 19.2. The molecule has 0 saturated heterocycles. The molecule has 0 N–H and O–H groups in total. The van der Waals surface area contributed by atoms with Gasteiger partial charge in [-0.1, -0.05) is 158 Å². The van der Waals surface area contributed by atoms with E-state index in [1.165, 1.54) is 33.0 Å². The van der Waals surface area contributed by atoms with E-state index in [1.54, 1.807) is 0 Å². The van der Waals surface area contributed by atoms with Gasteiger partial charge in [-0.2, -0.15) is 0 Å². The van der Waals surface area contributed by atoms with Crippen molar-refractivity contribution in [2.45, 2.75) is 12.3 Å². The molecule has 1 unspecified atom stereocenters. The van der Waals surface area contributed by atoms with Gasteiger partial charge in [-0.15, -0.1) is 0 Å². The van der Waals surface area contributed by atoms with Crippen molar-refractivity contribution < 1.29 is 4.42 Å². The molecular weight excluding hydrogens is 683 g/mol. The fraction of sp³-hybridized carbons (Fsp3) is 0.0385. The van der Waals surface area contributed by atoms with E-state index in [4.69, 9.17) is 14.4 Å². The molecule has 10 aromatic rings. The molecule has 0 aliphatic heterocycles. The highest BCUT2D eigenvalue weighted by Crippen LogP contribution is 2.42. The van der Waals surface area contributed by atoms with E-state index >= 15 is 0 Å². The molecular formula is C52H35N3O. The number of furan rings is 1. The average Bonchev–Trinajstić information content (AvgIpc) is 3.82. The van der Waals surface area contributed by atoms with Crippen LogP contribution in [0.4, 0.5) is 0 Å². The molecule has 3 aromatic heterocycles. The molecule has 7 aromatic carbocycles. The lowest BCUT2D eigenvalue weighted by atomic mass is 9.90. The number of benzene rings is 7. The van der Waals surface area contributed by atoms with Crippen LogP contribution in [-0.2, 0) is 6.42 Å². The van der Waals surface area contributed by atoms with Gasteiger partial charge in [0.05, 0.1) is 28.1 Å². The van der Waals surface area contributed by atoms with Crippen LogP contribution in [0.1, 0.15) is 22.9 Å². The Bertz CT molecular complexity index is 2930. The van der Waals surface area contributed by atoms with E-state index in [1.807, 2.05) is 24.3 Å². The zero-order chi connectivity index (χ0) is 37.0. The fourth-order valence-corrected chi connectivity index (χ4v) is 8.40. The highest BCUT2D eigenvalue weighted by atomic mass is 16.3. The van der Waals surface area contributed by atoms with Crippen molar-refractivity contribution >= 4 is 38.9 Å². The van der Waals surface area contributed by atoms with E-state index in [9.17, 15) is 0 Å². The summed E-state index contributed by atoms with van der Waals surface area (Å²) in [5, 5.41) is 3.53. The normalized spacial score (nSPS) is 13.8. The van der Waals surface area contributed by atoms with Crippen molar-refractivity contribution in [2.75, 3.05) is 0 Å². The molecule has 11 rings (SSSR count). The maximum atomic E-state index is 7.00. The monoisotopic (exact) mass is 717 g/mol. The molecule has 3 heterocycles. The van der Waals surface area contributed by atoms with Gasteiger partial charge < -0.3 is 8.98 Å². The van der Waals surface area contributed by atoms with Gasteiger partial charge in [0.2, 0.25) is 0 Å². The largest absolute Gasteiger partial charge is 0.458 e. The third-order valence-electron chi connectivity index (χ3n) is 11.2. The number of aromatic nitrogens is 3. The lowest BCUT2D eigenvalue weighted by Gasteiger charge is -2.17. The number of hydrogen-bond acceptors (Lipinski definition) is 3. The first kappa shape index (κ1) is 32.2. The second-order valence-corrected chi connectivity index (χ2v) is 14.5. The summed E-state index contributed by atoms with van der Waals surface area (Å²) in [5.41, 5.74) is 14.1. The van der Waals surface area contributed by atoms with Crippen molar-refractivity contribution in [3.05, 3.63) is 205 Å². The molecule has 1 aliphatic rings. The van der Waals surface area contributed by atoms with Crippen molar-refractivity contribution in [3.63, 3.8) is 0 Å². The number of rotatable bonds is 6. The summed E-state index contributed by atoms with van der Waals surface area (Å²) < 4.78 is 9.38. The third kappa shape index (κ3) is 5.46. The first-order valence-electron chi connectivity index (χ1n) is 19.2. The van der Waals surface area contributed by atoms with E-state index in [-0.39, 0.29) is 5.92 Å². The number of hydrogen-bond donors (Lipinski definition) is 0. The van der Waals surface area contributed by atoms with Crippen LogP contribution in [-0.4, -0.2) is 14.5 Å². The van der Waals surface area contributed by atoms with Gasteiger partial charge in [0.1, 0.15) is 5.76 Å². The fourth-order valence-electron chi connectivity index (χ4n) is 8.40. The minimum Gasteiger partial charge on any atom is -0.458 e. The molecule has 0 amide bonds. The Morgan fingerprint density at radius 1 is 0.482 bits per heavy atom. The van der Waals surface area contributed by atoms with Crippen molar-refractivity contribution in [3.8, 4) is 50.6 Å². The van der Waals surface area contributed by atoms with Gasteiger partial charge in [0, 0.05) is 45.2 Å². The number of fused-ring (bicyclic) bond motifs is 6. The predicted molar refractivity (Wildman–Crippen MR) is 230 cm³/mol. The molecule has 4 heteroatoms. The Morgan fingerprint density at radius 2 is 1.05 bits per heavy atom. The second kappa shape index (κ2) is 13.2. The topological polar surface area (TPSA) is 43.9 Å². The van der Waals surface area contributed by atoms with E-state index in [0.29, 0.717) is 6.42 Å². The summed E-state index contributed by atoms with van der Waals surface area (Å²) in [7, 11) is 0. The first-order chi connectivity index (χ1) is 27.7. The van der Waals surface area contributed by atoms with Crippen LogP contribution in [0.15, 0.2) is 192 Å². The van der Waals surface area contributed by atoms with Gasteiger partial charge in [-0.3, -0.25) is 0 Å². The Morgan fingerprint density at radius 3 is 1.66 bits per heavy atom. The molecule has 56 heavy (non-hydrogen) atoms. The number of nitrogens with zero attached hydrogens (tertiary/aromatic N) is 3. The zero-order valence-electron chi connectivity index (χ0n) is 30.5. The quantitative estimate of drug-likeness (QED) is 0.172.